The second-order valence-corrected chi connectivity index (χ2v) is 5.72. The van der Waals surface area contributed by atoms with E-state index >= 15 is 0 Å². The largest absolute Gasteiger partial charge is 0.481 e. The Morgan fingerprint density at radius 2 is 2.21 bits per heavy atom. The average molecular weight is 329 g/mol. The fourth-order valence-corrected chi connectivity index (χ4v) is 2.83. The number of carbonyl (C=O) groups is 1. The van der Waals surface area contributed by atoms with Crippen LogP contribution in [-0.2, 0) is 11.3 Å². The Labute approximate surface area is 140 Å². The molecule has 126 valence electrons. The van der Waals surface area contributed by atoms with Gasteiger partial charge in [0.1, 0.15) is 11.5 Å². The van der Waals surface area contributed by atoms with Gasteiger partial charge in [-0.2, -0.15) is 0 Å². The van der Waals surface area contributed by atoms with Crippen molar-refractivity contribution in [1.82, 2.24) is 15.6 Å². The van der Waals surface area contributed by atoms with Gasteiger partial charge in [-0.05, 0) is 25.5 Å². The van der Waals surface area contributed by atoms with Crippen LogP contribution in [-0.4, -0.2) is 30.6 Å². The van der Waals surface area contributed by atoms with E-state index in [0.29, 0.717) is 17.0 Å². The summed E-state index contributed by atoms with van der Waals surface area (Å²) in [6, 6.07) is 10.3. The standard InChI is InChI=1S/C18H20FN3O2/c1-24-18-13(11-21-17(23)15-8-5-9-20-15)10-14(19)16(22-18)12-6-3-2-4-7-12/h2-4,6-7,10,15,20H,5,8-9,11H2,1H3,(H,21,23)/t15-/m0/s1. The Morgan fingerprint density at radius 1 is 1.42 bits per heavy atom. The van der Waals surface area contributed by atoms with Crippen molar-refractivity contribution in [3.05, 3.63) is 47.8 Å². The number of aromatic nitrogens is 1. The van der Waals surface area contributed by atoms with Crippen LogP contribution in [0.4, 0.5) is 4.39 Å². The molecule has 5 nitrogen and oxygen atoms in total. The van der Waals surface area contributed by atoms with E-state index in [4.69, 9.17) is 4.74 Å². The monoisotopic (exact) mass is 329 g/mol. The summed E-state index contributed by atoms with van der Waals surface area (Å²) in [7, 11) is 1.48. The highest BCUT2D eigenvalue weighted by atomic mass is 19.1. The van der Waals surface area contributed by atoms with E-state index in [2.05, 4.69) is 15.6 Å². The first-order chi connectivity index (χ1) is 11.7. The Hall–Kier alpha value is -2.47. The summed E-state index contributed by atoms with van der Waals surface area (Å²) < 4.78 is 19.7. The summed E-state index contributed by atoms with van der Waals surface area (Å²) in [6.45, 7) is 1.03. The molecule has 3 rings (SSSR count). The third kappa shape index (κ3) is 3.54. The van der Waals surface area contributed by atoms with Crippen LogP contribution in [0.15, 0.2) is 36.4 Å². The van der Waals surface area contributed by atoms with E-state index in [-0.39, 0.29) is 24.2 Å². The number of ether oxygens (including phenoxy) is 1. The van der Waals surface area contributed by atoms with Crippen LogP contribution >= 0.6 is 0 Å². The predicted octanol–water partition coefficient (Wildman–Crippen LogP) is 2.26. The Kier molecular flexibility index (Phi) is 5.05. The van der Waals surface area contributed by atoms with Crippen LogP contribution in [0, 0.1) is 5.82 Å². The van der Waals surface area contributed by atoms with Crippen molar-refractivity contribution in [2.75, 3.05) is 13.7 Å². The molecule has 0 spiro atoms. The molecule has 1 fully saturated rings. The van der Waals surface area contributed by atoms with Crippen molar-refractivity contribution >= 4 is 5.91 Å². The molecule has 1 amide bonds. The Morgan fingerprint density at radius 3 is 2.88 bits per heavy atom. The van der Waals surface area contributed by atoms with Crippen molar-refractivity contribution in [2.45, 2.75) is 25.4 Å². The van der Waals surface area contributed by atoms with Crippen LogP contribution in [0.2, 0.25) is 0 Å². The molecule has 1 atom stereocenters. The first kappa shape index (κ1) is 16.4. The summed E-state index contributed by atoms with van der Waals surface area (Å²) in [6.07, 6.45) is 1.81. The maximum absolute atomic E-state index is 14.4. The molecular formula is C18H20FN3O2. The van der Waals surface area contributed by atoms with Gasteiger partial charge in [-0.3, -0.25) is 4.79 Å². The zero-order valence-corrected chi connectivity index (χ0v) is 13.5. The minimum Gasteiger partial charge on any atom is -0.481 e. The van der Waals surface area contributed by atoms with Crippen LogP contribution in [0.1, 0.15) is 18.4 Å². The summed E-state index contributed by atoms with van der Waals surface area (Å²) in [4.78, 5) is 16.3. The maximum atomic E-state index is 14.4. The van der Waals surface area contributed by atoms with Gasteiger partial charge in [-0.1, -0.05) is 30.3 Å². The normalized spacial score (nSPS) is 16.8. The number of nitrogens with one attached hydrogen (secondary N) is 2. The first-order valence-electron chi connectivity index (χ1n) is 7.99. The van der Waals surface area contributed by atoms with Crippen LogP contribution in [0.25, 0.3) is 11.3 Å². The summed E-state index contributed by atoms with van der Waals surface area (Å²) >= 11 is 0. The van der Waals surface area contributed by atoms with Crippen LogP contribution < -0.4 is 15.4 Å². The minimum atomic E-state index is -0.440. The number of halogens is 1. The number of rotatable bonds is 5. The summed E-state index contributed by atoms with van der Waals surface area (Å²) in [5.74, 6) is -0.206. The molecular weight excluding hydrogens is 309 g/mol. The van der Waals surface area contributed by atoms with Crippen molar-refractivity contribution < 1.29 is 13.9 Å². The van der Waals surface area contributed by atoms with Crippen LogP contribution in [0.3, 0.4) is 0 Å². The Bertz CT molecular complexity index is 716. The average Bonchev–Trinajstić information content (AvgIpc) is 3.15. The molecule has 24 heavy (non-hydrogen) atoms. The van der Waals surface area contributed by atoms with E-state index in [9.17, 15) is 9.18 Å². The van der Waals surface area contributed by atoms with Crippen molar-refractivity contribution in [1.29, 1.82) is 0 Å². The molecule has 0 saturated carbocycles. The van der Waals surface area contributed by atoms with E-state index in [0.717, 1.165) is 19.4 Å². The van der Waals surface area contributed by atoms with E-state index in [1.165, 1.54) is 13.2 Å². The van der Waals surface area contributed by atoms with Gasteiger partial charge in [0.05, 0.1) is 13.2 Å². The van der Waals surface area contributed by atoms with Crippen LogP contribution in [0.5, 0.6) is 5.88 Å². The lowest BCUT2D eigenvalue weighted by Gasteiger charge is -2.14. The van der Waals surface area contributed by atoms with Gasteiger partial charge in [-0.25, -0.2) is 9.37 Å². The number of methoxy groups -OCH3 is 1. The number of amides is 1. The number of hydrogen-bond donors (Lipinski definition) is 2. The second-order valence-electron chi connectivity index (χ2n) is 5.72. The van der Waals surface area contributed by atoms with E-state index in [1.807, 2.05) is 18.2 Å². The lowest BCUT2D eigenvalue weighted by atomic mass is 10.1. The second kappa shape index (κ2) is 7.40. The van der Waals surface area contributed by atoms with Gasteiger partial charge < -0.3 is 15.4 Å². The number of hydrogen-bond acceptors (Lipinski definition) is 4. The van der Waals surface area contributed by atoms with Crippen molar-refractivity contribution in [3.63, 3.8) is 0 Å². The fourth-order valence-electron chi connectivity index (χ4n) is 2.83. The van der Waals surface area contributed by atoms with Gasteiger partial charge in [0, 0.05) is 17.7 Å². The lowest BCUT2D eigenvalue weighted by Crippen LogP contribution is -2.40. The van der Waals surface area contributed by atoms with Crippen molar-refractivity contribution in [3.8, 4) is 17.1 Å². The van der Waals surface area contributed by atoms with E-state index < -0.39 is 5.82 Å². The smallest absolute Gasteiger partial charge is 0.237 e. The highest BCUT2D eigenvalue weighted by molar-refractivity contribution is 5.82. The molecule has 0 unspecified atom stereocenters. The molecule has 1 aromatic carbocycles. The third-order valence-corrected chi connectivity index (χ3v) is 4.09. The molecule has 1 aliphatic heterocycles. The van der Waals surface area contributed by atoms with Gasteiger partial charge in [0.2, 0.25) is 11.8 Å². The molecule has 1 saturated heterocycles. The molecule has 2 aromatic rings. The van der Waals surface area contributed by atoms with Gasteiger partial charge in [-0.15, -0.1) is 0 Å². The molecule has 1 aliphatic rings. The zero-order chi connectivity index (χ0) is 16.9. The maximum Gasteiger partial charge on any atom is 0.237 e. The highest BCUT2D eigenvalue weighted by Crippen LogP contribution is 2.26. The van der Waals surface area contributed by atoms with E-state index in [1.54, 1.807) is 12.1 Å². The van der Waals surface area contributed by atoms with Gasteiger partial charge >= 0.3 is 0 Å². The topological polar surface area (TPSA) is 63.2 Å². The highest BCUT2D eigenvalue weighted by Gasteiger charge is 2.22. The summed E-state index contributed by atoms with van der Waals surface area (Å²) in [5.41, 5.74) is 1.43. The molecule has 2 N–H and O–H groups in total. The third-order valence-electron chi connectivity index (χ3n) is 4.09. The van der Waals surface area contributed by atoms with Gasteiger partial charge in [0.15, 0.2) is 0 Å². The van der Waals surface area contributed by atoms with Crippen molar-refractivity contribution in [2.24, 2.45) is 0 Å². The number of benzene rings is 1. The number of carbonyl (C=O) groups excluding carboxylic acids is 1. The molecule has 0 aliphatic carbocycles. The Balaban J connectivity index is 1.78. The fraction of sp³-hybridized carbons (Fsp3) is 0.333. The molecule has 6 heteroatoms. The molecule has 2 heterocycles. The predicted molar refractivity (Wildman–Crippen MR) is 89.1 cm³/mol. The number of nitrogens with zero attached hydrogens (tertiary/aromatic N) is 1. The quantitative estimate of drug-likeness (QED) is 0.883. The lowest BCUT2D eigenvalue weighted by molar-refractivity contribution is -0.122. The number of pyridine rings is 1. The van der Waals surface area contributed by atoms with Gasteiger partial charge in [0.25, 0.3) is 0 Å². The molecule has 0 radical (unpaired) electrons. The zero-order valence-electron chi connectivity index (χ0n) is 13.5. The first-order valence-corrected chi connectivity index (χ1v) is 7.99. The SMILES string of the molecule is COc1nc(-c2ccccc2)c(F)cc1CNC(=O)[C@@H]1CCCN1. The molecule has 0 bridgehead atoms. The minimum absolute atomic E-state index is 0.0814. The molecule has 1 aromatic heterocycles. The summed E-state index contributed by atoms with van der Waals surface area (Å²) in [5, 5.41) is 5.94.